The van der Waals surface area contributed by atoms with Crippen molar-refractivity contribution in [2.24, 2.45) is 4.99 Å². The van der Waals surface area contributed by atoms with Crippen LogP contribution in [0.2, 0.25) is 0 Å². The fraction of sp³-hybridized carbons (Fsp3) is 0.300. The van der Waals surface area contributed by atoms with Gasteiger partial charge in [0, 0.05) is 10.1 Å². The monoisotopic (exact) mass is 225 g/mol. The second-order valence-corrected chi connectivity index (χ2v) is 5.32. The normalized spacial score (nSPS) is 14.9. The molecule has 0 aliphatic carbocycles. The molecule has 1 atom stereocenters. The fourth-order valence-corrected chi connectivity index (χ4v) is 3.56. The Labute approximate surface area is 89.6 Å². The Bertz CT molecular complexity index is 484. The molecule has 1 unspecified atom stereocenters. The Morgan fingerprint density at radius 1 is 1.36 bits per heavy atom. The van der Waals surface area contributed by atoms with Crippen LogP contribution < -0.4 is 4.67 Å². The number of aliphatic hydroxyl groups excluding tert-OH is 1. The van der Waals surface area contributed by atoms with Crippen molar-refractivity contribution < 1.29 is 5.11 Å². The molecule has 0 saturated heterocycles. The van der Waals surface area contributed by atoms with E-state index >= 15 is 0 Å². The van der Waals surface area contributed by atoms with E-state index in [-0.39, 0.29) is 6.10 Å². The van der Waals surface area contributed by atoms with Gasteiger partial charge >= 0.3 is 0 Å². The second kappa shape index (κ2) is 4.21. The predicted octanol–water partition coefficient (Wildman–Crippen LogP) is 2.24. The van der Waals surface area contributed by atoms with E-state index in [0.29, 0.717) is 6.54 Å². The third-order valence-corrected chi connectivity index (χ3v) is 4.22. The minimum atomic E-state index is -0.360. The summed E-state index contributed by atoms with van der Waals surface area (Å²) in [6.07, 6.45) is -0.360. The predicted molar refractivity (Wildman–Crippen MR) is 61.8 cm³/mol. The van der Waals surface area contributed by atoms with Gasteiger partial charge in [-0.2, -0.15) is 0 Å². The van der Waals surface area contributed by atoms with Crippen molar-refractivity contribution in [1.29, 1.82) is 0 Å². The van der Waals surface area contributed by atoms with E-state index in [1.807, 2.05) is 12.1 Å². The molecule has 0 saturated carbocycles. The molecule has 0 amide bonds. The van der Waals surface area contributed by atoms with Crippen molar-refractivity contribution >= 4 is 30.8 Å². The standard InChI is InChI=1S/C10H11NOS2/c1-7(12)6-11-10-8-4-2-3-5-9(8)13-14-10/h2-5,7,12H,6H2,1H3. The molecule has 1 heterocycles. The molecule has 0 fully saturated rings. The number of fused-ring (bicyclic) bond motifs is 1. The summed E-state index contributed by atoms with van der Waals surface area (Å²) in [5.41, 5.74) is 0. The van der Waals surface area contributed by atoms with Gasteiger partial charge in [0.25, 0.3) is 0 Å². The molecule has 0 aliphatic rings. The molecule has 14 heavy (non-hydrogen) atoms. The van der Waals surface area contributed by atoms with E-state index in [4.69, 9.17) is 5.11 Å². The average molecular weight is 225 g/mol. The van der Waals surface area contributed by atoms with Crippen LogP contribution in [0.3, 0.4) is 0 Å². The summed E-state index contributed by atoms with van der Waals surface area (Å²) in [5, 5.41) is 10.3. The molecule has 4 heteroatoms. The molecule has 0 aliphatic heterocycles. The molecule has 0 radical (unpaired) electrons. The van der Waals surface area contributed by atoms with Gasteiger partial charge in [-0.25, -0.2) is 0 Å². The van der Waals surface area contributed by atoms with E-state index in [1.165, 1.54) is 10.1 Å². The van der Waals surface area contributed by atoms with Gasteiger partial charge in [0.2, 0.25) is 0 Å². The number of nitrogens with zero attached hydrogens (tertiary/aromatic N) is 1. The maximum absolute atomic E-state index is 9.14. The van der Waals surface area contributed by atoms with E-state index in [0.717, 1.165) is 4.67 Å². The zero-order valence-corrected chi connectivity index (χ0v) is 9.44. The van der Waals surface area contributed by atoms with E-state index in [2.05, 4.69) is 17.1 Å². The highest BCUT2D eigenvalue weighted by Crippen LogP contribution is 2.19. The lowest BCUT2D eigenvalue weighted by Gasteiger charge is -1.94. The van der Waals surface area contributed by atoms with Crippen molar-refractivity contribution in [3.8, 4) is 0 Å². The third kappa shape index (κ3) is 2.03. The summed E-state index contributed by atoms with van der Waals surface area (Å²) in [4.78, 5) is 4.37. The number of rotatable bonds is 2. The van der Waals surface area contributed by atoms with Gasteiger partial charge in [0.05, 0.1) is 12.6 Å². The molecule has 1 N–H and O–H groups in total. The van der Waals surface area contributed by atoms with Gasteiger partial charge in [-0.1, -0.05) is 38.9 Å². The van der Waals surface area contributed by atoms with Gasteiger partial charge in [0.15, 0.2) is 0 Å². The highest BCUT2D eigenvalue weighted by Gasteiger charge is 1.98. The van der Waals surface area contributed by atoms with Crippen LogP contribution in [0.4, 0.5) is 0 Å². The molecule has 2 nitrogen and oxygen atoms in total. The van der Waals surface area contributed by atoms with Crippen molar-refractivity contribution in [3.63, 3.8) is 0 Å². The second-order valence-electron chi connectivity index (χ2n) is 3.16. The maximum Gasteiger partial charge on any atom is 0.129 e. The first-order valence-electron chi connectivity index (χ1n) is 4.44. The van der Waals surface area contributed by atoms with E-state index in [9.17, 15) is 0 Å². The number of hydrogen-bond acceptors (Lipinski definition) is 4. The minimum absolute atomic E-state index is 0.360. The summed E-state index contributed by atoms with van der Waals surface area (Å²) in [7, 11) is 3.40. The van der Waals surface area contributed by atoms with Crippen molar-refractivity contribution in [1.82, 2.24) is 0 Å². The highest BCUT2D eigenvalue weighted by molar-refractivity contribution is 7.71. The van der Waals surface area contributed by atoms with Gasteiger partial charge in [-0.3, -0.25) is 4.99 Å². The van der Waals surface area contributed by atoms with Crippen LogP contribution in [-0.4, -0.2) is 17.8 Å². The van der Waals surface area contributed by atoms with Crippen LogP contribution in [0.25, 0.3) is 10.1 Å². The summed E-state index contributed by atoms with van der Waals surface area (Å²) in [6, 6.07) is 8.22. The molecule has 1 aromatic carbocycles. The van der Waals surface area contributed by atoms with Gasteiger partial charge < -0.3 is 5.11 Å². The molecule has 0 bridgehead atoms. The van der Waals surface area contributed by atoms with Gasteiger partial charge in [-0.15, -0.1) is 0 Å². The van der Waals surface area contributed by atoms with Crippen molar-refractivity contribution in [3.05, 3.63) is 28.9 Å². The topological polar surface area (TPSA) is 32.6 Å². The Morgan fingerprint density at radius 3 is 2.93 bits per heavy atom. The van der Waals surface area contributed by atoms with E-state index in [1.54, 1.807) is 27.6 Å². The fourth-order valence-electron chi connectivity index (χ4n) is 1.17. The molecular formula is C10H11NOS2. The average Bonchev–Trinajstić information content (AvgIpc) is 2.58. The molecule has 74 valence electrons. The largest absolute Gasteiger partial charge is 0.391 e. The van der Waals surface area contributed by atoms with Gasteiger partial charge in [0.1, 0.15) is 4.67 Å². The molecule has 2 rings (SSSR count). The highest BCUT2D eigenvalue weighted by atomic mass is 32.9. The summed E-state index contributed by atoms with van der Waals surface area (Å²) >= 11 is 0. The molecule has 2 aromatic rings. The summed E-state index contributed by atoms with van der Waals surface area (Å²) < 4.78 is 2.30. The zero-order valence-electron chi connectivity index (χ0n) is 7.80. The number of aliphatic hydroxyl groups is 1. The number of hydrogen-bond donors (Lipinski definition) is 1. The quantitative estimate of drug-likeness (QED) is 0.781. The Hall–Kier alpha value is -0.710. The van der Waals surface area contributed by atoms with Crippen LogP contribution in [0.15, 0.2) is 29.3 Å². The van der Waals surface area contributed by atoms with Crippen molar-refractivity contribution in [2.45, 2.75) is 13.0 Å². The van der Waals surface area contributed by atoms with Gasteiger partial charge in [-0.05, 0) is 13.0 Å². The lowest BCUT2D eigenvalue weighted by molar-refractivity contribution is 0.203. The zero-order chi connectivity index (χ0) is 9.97. The first kappa shape index (κ1) is 9.83. The van der Waals surface area contributed by atoms with E-state index < -0.39 is 0 Å². The Kier molecular flexibility index (Phi) is 2.96. The molecule has 0 spiro atoms. The minimum Gasteiger partial charge on any atom is -0.391 e. The van der Waals surface area contributed by atoms with Crippen LogP contribution in [-0.2, 0) is 0 Å². The Morgan fingerprint density at radius 2 is 2.14 bits per heavy atom. The Balaban J connectivity index is 2.48. The summed E-state index contributed by atoms with van der Waals surface area (Å²) in [5.74, 6) is 0. The molecule has 1 aromatic heterocycles. The lowest BCUT2D eigenvalue weighted by atomic mass is 10.3. The van der Waals surface area contributed by atoms with Crippen molar-refractivity contribution in [2.75, 3.05) is 6.54 Å². The van der Waals surface area contributed by atoms with Crippen LogP contribution in [0.1, 0.15) is 6.92 Å². The smallest absolute Gasteiger partial charge is 0.129 e. The number of benzene rings is 1. The maximum atomic E-state index is 9.14. The lowest BCUT2D eigenvalue weighted by Crippen LogP contribution is -2.07. The van der Waals surface area contributed by atoms with Crippen LogP contribution in [0, 0.1) is 0 Å². The third-order valence-electron chi connectivity index (χ3n) is 1.83. The first-order valence-corrected chi connectivity index (χ1v) is 6.59. The van der Waals surface area contributed by atoms with Crippen LogP contribution in [0.5, 0.6) is 0 Å². The first-order chi connectivity index (χ1) is 6.77. The van der Waals surface area contributed by atoms with Crippen LogP contribution >= 0.6 is 20.7 Å². The summed E-state index contributed by atoms with van der Waals surface area (Å²) in [6.45, 7) is 2.24. The SMILES string of the molecule is CC(O)CN=c1ssc2ccccc12. The molecular weight excluding hydrogens is 214 g/mol.